The molecular weight excluding hydrogens is 262 g/mol. The molecule has 3 nitrogen and oxygen atoms in total. The zero-order valence-corrected chi connectivity index (χ0v) is 10.4. The molecule has 0 amide bonds. The number of nitrogens with zero attached hydrogens (tertiary/aromatic N) is 2. The van der Waals surface area contributed by atoms with Gasteiger partial charge in [-0.1, -0.05) is 18.5 Å². The van der Waals surface area contributed by atoms with Gasteiger partial charge in [0.2, 0.25) is 0 Å². The van der Waals surface area contributed by atoms with E-state index in [-0.39, 0.29) is 22.7 Å². The predicted molar refractivity (Wildman–Crippen MR) is 63.2 cm³/mol. The molecule has 6 heteroatoms. The van der Waals surface area contributed by atoms with Crippen molar-refractivity contribution < 1.29 is 13.3 Å². The summed E-state index contributed by atoms with van der Waals surface area (Å²) in [6, 6.07) is 3.05. The Balaban J connectivity index is 2.32. The summed E-state index contributed by atoms with van der Waals surface area (Å²) in [7, 11) is 0. The number of benzene rings is 1. The Bertz CT molecular complexity index is 545. The maximum Gasteiger partial charge on any atom is 0.261 e. The van der Waals surface area contributed by atoms with E-state index in [9.17, 15) is 8.78 Å². The van der Waals surface area contributed by atoms with Crippen LogP contribution >= 0.6 is 11.6 Å². The normalized spacial score (nSPS) is 12.7. The molecule has 0 aliphatic heterocycles. The van der Waals surface area contributed by atoms with E-state index in [1.165, 1.54) is 0 Å². The summed E-state index contributed by atoms with van der Waals surface area (Å²) in [5, 5.41) is 3.29. The van der Waals surface area contributed by atoms with E-state index in [1.807, 2.05) is 6.92 Å². The number of hydrogen-bond donors (Lipinski definition) is 0. The van der Waals surface area contributed by atoms with Gasteiger partial charge in [-0.15, -0.1) is 11.6 Å². The van der Waals surface area contributed by atoms with E-state index in [0.29, 0.717) is 6.42 Å². The molecule has 0 fully saturated rings. The number of alkyl halides is 1. The molecule has 0 aliphatic carbocycles. The van der Waals surface area contributed by atoms with E-state index >= 15 is 0 Å². The summed E-state index contributed by atoms with van der Waals surface area (Å²) in [5.74, 6) is -0.962. The largest absolute Gasteiger partial charge is 0.334 e. The molecule has 1 unspecified atom stereocenters. The Labute approximate surface area is 108 Å². The SMILES string of the molecule is CCCC(Cl)c1noc(-c2cc(F)ccc2F)n1. The summed E-state index contributed by atoms with van der Waals surface area (Å²) in [6.45, 7) is 1.97. The molecule has 0 saturated carbocycles. The Kier molecular flexibility index (Phi) is 3.91. The zero-order chi connectivity index (χ0) is 13.1. The molecule has 0 spiro atoms. The third-order valence-electron chi connectivity index (χ3n) is 2.42. The fourth-order valence-corrected chi connectivity index (χ4v) is 1.82. The minimum atomic E-state index is -0.617. The minimum Gasteiger partial charge on any atom is -0.334 e. The van der Waals surface area contributed by atoms with Crippen molar-refractivity contribution in [3.8, 4) is 11.5 Å². The molecule has 18 heavy (non-hydrogen) atoms. The molecule has 0 aliphatic rings. The van der Waals surface area contributed by atoms with E-state index in [0.717, 1.165) is 24.6 Å². The molecule has 0 N–H and O–H groups in total. The Morgan fingerprint density at radius 2 is 2.17 bits per heavy atom. The second-order valence-electron chi connectivity index (χ2n) is 3.84. The number of halogens is 3. The molecule has 96 valence electrons. The molecule has 1 aromatic heterocycles. The molecular formula is C12H11ClF2N2O. The average molecular weight is 273 g/mol. The first-order chi connectivity index (χ1) is 8.61. The molecule has 0 saturated heterocycles. The summed E-state index contributed by atoms with van der Waals surface area (Å²) >= 11 is 6.03. The van der Waals surface area contributed by atoms with Gasteiger partial charge in [-0.05, 0) is 24.6 Å². The fourth-order valence-electron chi connectivity index (χ4n) is 1.52. The van der Waals surface area contributed by atoms with E-state index < -0.39 is 11.6 Å². The van der Waals surface area contributed by atoms with Crippen molar-refractivity contribution in [2.75, 3.05) is 0 Å². The van der Waals surface area contributed by atoms with Crippen LogP contribution in [0.3, 0.4) is 0 Å². The number of hydrogen-bond acceptors (Lipinski definition) is 3. The van der Waals surface area contributed by atoms with Gasteiger partial charge < -0.3 is 4.52 Å². The lowest BCUT2D eigenvalue weighted by molar-refractivity contribution is 0.418. The van der Waals surface area contributed by atoms with Crippen LogP contribution in [0.15, 0.2) is 22.7 Å². The number of rotatable bonds is 4. The van der Waals surface area contributed by atoms with E-state index in [4.69, 9.17) is 16.1 Å². The van der Waals surface area contributed by atoms with Crippen molar-refractivity contribution in [2.45, 2.75) is 25.1 Å². The third-order valence-corrected chi connectivity index (χ3v) is 2.84. The van der Waals surface area contributed by atoms with Crippen LogP contribution in [-0.2, 0) is 0 Å². The first-order valence-electron chi connectivity index (χ1n) is 5.55. The predicted octanol–water partition coefficient (Wildman–Crippen LogP) is 4.09. The highest BCUT2D eigenvalue weighted by molar-refractivity contribution is 6.20. The van der Waals surface area contributed by atoms with Gasteiger partial charge >= 0.3 is 0 Å². The van der Waals surface area contributed by atoms with Gasteiger partial charge in [-0.3, -0.25) is 0 Å². The van der Waals surface area contributed by atoms with E-state index in [1.54, 1.807) is 0 Å². The highest BCUT2D eigenvalue weighted by Gasteiger charge is 2.18. The highest BCUT2D eigenvalue weighted by Crippen LogP contribution is 2.27. The lowest BCUT2D eigenvalue weighted by Gasteiger charge is -2.00. The standard InChI is InChI=1S/C12H11ClF2N2O/c1-2-3-9(13)11-16-12(18-17-11)8-6-7(14)4-5-10(8)15/h4-6,9H,2-3H2,1H3. The Morgan fingerprint density at radius 1 is 1.39 bits per heavy atom. The van der Waals surface area contributed by atoms with Gasteiger partial charge in [0, 0.05) is 0 Å². The van der Waals surface area contributed by atoms with Crippen molar-refractivity contribution in [2.24, 2.45) is 0 Å². The quantitative estimate of drug-likeness (QED) is 0.787. The van der Waals surface area contributed by atoms with Gasteiger partial charge in [0.25, 0.3) is 5.89 Å². The van der Waals surface area contributed by atoms with Crippen LogP contribution in [-0.4, -0.2) is 10.1 Å². The molecule has 1 atom stereocenters. The Morgan fingerprint density at radius 3 is 2.89 bits per heavy atom. The first-order valence-corrected chi connectivity index (χ1v) is 5.98. The monoisotopic (exact) mass is 272 g/mol. The van der Waals surface area contributed by atoms with Gasteiger partial charge in [-0.25, -0.2) is 8.78 Å². The number of aromatic nitrogens is 2. The maximum absolute atomic E-state index is 13.5. The van der Waals surface area contributed by atoms with Crippen molar-refractivity contribution in [1.82, 2.24) is 10.1 Å². The molecule has 2 rings (SSSR count). The third kappa shape index (κ3) is 2.67. The second-order valence-corrected chi connectivity index (χ2v) is 4.36. The van der Waals surface area contributed by atoms with Gasteiger partial charge in [0.1, 0.15) is 11.6 Å². The molecule has 1 aromatic carbocycles. The maximum atomic E-state index is 13.5. The van der Waals surface area contributed by atoms with E-state index in [2.05, 4.69) is 10.1 Å². The fraction of sp³-hybridized carbons (Fsp3) is 0.333. The summed E-state index contributed by atoms with van der Waals surface area (Å²) < 4.78 is 31.4. The minimum absolute atomic E-state index is 0.0610. The topological polar surface area (TPSA) is 38.9 Å². The lowest BCUT2D eigenvalue weighted by atomic mass is 10.2. The van der Waals surface area contributed by atoms with Crippen LogP contribution in [0.25, 0.3) is 11.5 Å². The summed E-state index contributed by atoms with van der Waals surface area (Å²) in [6.07, 6.45) is 1.55. The van der Waals surface area contributed by atoms with Gasteiger partial charge in [-0.2, -0.15) is 4.98 Å². The zero-order valence-electron chi connectivity index (χ0n) is 9.66. The van der Waals surface area contributed by atoms with Crippen LogP contribution in [0.2, 0.25) is 0 Å². The van der Waals surface area contributed by atoms with Gasteiger partial charge in [0.15, 0.2) is 5.82 Å². The lowest BCUT2D eigenvalue weighted by Crippen LogP contribution is -1.93. The molecule has 0 radical (unpaired) electrons. The van der Waals surface area contributed by atoms with Crippen molar-refractivity contribution in [1.29, 1.82) is 0 Å². The summed E-state index contributed by atoms with van der Waals surface area (Å²) in [5.41, 5.74) is -0.0610. The van der Waals surface area contributed by atoms with Crippen LogP contribution in [0, 0.1) is 11.6 Å². The molecule has 1 heterocycles. The van der Waals surface area contributed by atoms with Crippen molar-refractivity contribution in [3.05, 3.63) is 35.7 Å². The second kappa shape index (κ2) is 5.44. The average Bonchev–Trinajstić information content (AvgIpc) is 2.82. The molecule has 2 aromatic rings. The Hall–Kier alpha value is -1.49. The van der Waals surface area contributed by atoms with Gasteiger partial charge in [0.05, 0.1) is 10.9 Å². The van der Waals surface area contributed by atoms with Crippen LogP contribution in [0.1, 0.15) is 31.0 Å². The smallest absolute Gasteiger partial charge is 0.261 e. The first kappa shape index (κ1) is 13.0. The van der Waals surface area contributed by atoms with Crippen molar-refractivity contribution >= 4 is 11.6 Å². The van der Waals surface area contributed by atoms with Crippen molar-refractivity contribution in [3.63, 3.8) is 0 Å². The summed E-state index contributed by atoms with van der Waals surface area (Å²) in [4.78, 5) is 3.98. The van der Waals surface area contributed by atoms with Crippen LogP contribution in [0.4, 0.5) is 8.78 Å². The molecule has 0 bridgehead atoms. The van der Waals surface area contributed by atoms with Crippen LogP contribution < -0.4 is 0 Å². The van der Waals surface area contributed by atoms with Crippen LogP contribution in [0.5, 0.6) is 0 Å². The highest BCUT2D eigenvalue weighted by atomic mass is 35.5.